The molecule has 2 nitrogen and oxygen atoms in total. The Kier molecular flexibility index (Phi) is 8.93. The first kappa shape index (κ1) is 18.9. The summed E-state index contributed by atoms with van der Waals surface area (Å²) in [5.41, 5.74) is 0.390. The fourth-order valence-electron chi connectivity index (χ4n) is 2.33. The van der Waals surface area contributed by atoms with E-state index >= 15 is 0 Å². The molecule has 0 aliphatic rings. The first-order valence-corrected chi connectivity index (χ1v) is 8.12. The average molecular weight is 271 g/mol. The van der Waals surface area contributed by atoms with Crippen LogP contribution in [0.25, 0.3) is 0 Å². The second kappa shape index (κ2) is 8.97. The van der Waals surface area contributed by atoms with Crippen molar-refractivity contribution >= 4 is 0 Å². The molecule has 1 atom stereocenters. The van der Waals surface area contributed by atoms with E-state index in [1.807, 2.05) is 0 Å². The zero-order valence-corrected chi connectivity index (χ0v) is 14.4. The lowest BCUT2D eigenvalue weighted by Gasteiger charge is -2.35. The summed E-state index contributed by atoms with van der Waals surface area (Å²) in [6.07, 6.45) is 6.32. The largest absolute Gasteiger partial charge is 0.376 e. The van der Waals surface area contributed by atoms with Gasteiger partial charge < -0.3 is 10.1 Å². The Hall–Kier alpha value is -0.0800. The molecule has 2 heteroatoms. The summed E-state index contributed by atoms with van der Waals surface area (Å²) in [5, 5.41) is 3.64. The van der Waals surface area contributed by atoms with Crippen molar-refractivity contribution in [2.24, 2.45) is 5.41 Å². The molecule has 1 N–H and O–H groups in total. The van der Waals surface area contributed by atoms with Gasteiger partial charge in [0, 0.05) is 19.2 Å². The van der Waals surface area contributed by atoms with Gasteiger partial charge >= 0.3 is 0 Å². The molecule has 0 aromatic rings. The molecule has 0 rings (SSSR count). The molecule has 0 radical (unpaired) electrons. The van der Waals surface area contributed by atoms with Crippen molar-refractivity contribution in [1.82, 2.24) is 5.32 Å². The second-order valence-corrected chi connectivity index (χ2v) is 7.20. The number of nitrogens with one attached hydrogen (secondary N) is 1. The smallest absolute Gasteiger partial charge is 0.0598 e. The first-order chi connectivity index (χ1) is 8.74. The van der Waals surface area contributed by atoms with Gasteiger partial charge in [-0.2, -0.15) is 0 Å². The molecule has 116 valence electrons. The zero-order chi connectivity index (χ0) is 14.9. The quantitative estimate of drug-likeness (QED) is 0.617. The van der Waals surface area contributed by atoms with Crippen LogP contribution in [0.15, 0.2) is 0 Å². The van der Waals surface area contributed by atoms with Gasteiger partial charge in [0.15, 0.2) is 0 Å². The van der Waals surface area contributed by atoms with Crippen molar-refractivity contribution in [2.45, 2.75) is 92.2 Å². The minimum Gasteiger partial charge on any atom is -0.376 e. The third-order valence-electron chi connectivity index (χ3n) is 3.86. The van der Waals surface area contributed by atoms with Gasteiger partial charge in [0.2, 0.25) is 0 Å². The minimum atomic E-state index is -0.0181. The van der Waals surface area contributed by atoms with Gasteiger partial charge in [0.05, 0.1) is 5.60 Å². The first-order valence-electron chi connectivity index (χ1n) is 8.12. The third-order valence-corrected chi connectivity index (χ3v) is 3.86. The Morgan fingerprint density at radius 2 is 1.68 bits per heavy atom. The topological polar surface area (TPSA) is 21.3 Å². The van der Waals surface area contributed by atoms with Gasteiger partial charge in [-0.15, -0.1) is 0 Å². The molecule has 0 aromatic heterocycles. The van der Waals surface area contributed by atoms with Gasteiger partial charge in [0.25, 0.3) is 0 Å². The van der Waals surface area contributed by atoms with Crippen LogP contribution >= 0.6 is 0 Å². The molecule has 0 fully saturated rings. The van der Waals surface area contributed by atoms with E-state index in [2.05, 4.69) is 53.8 Å². The van der Waals surface area contributed by atoms with Crippen LogP contribution in [0.4, 0.5) is 0 Å². The Balaban J connectivity index is 4.43. The maximum absolute atomic E-state index is 5.95. The SMILES string of the molecule is CCCCC(CC)(CCOC(C)(C)C)CNC(C)C. The molecule has 0 aliphatic carbocycles. The molecule has 0 aromatic carbocycles. The molecular formula is C17H37NO. The zero-order valence-electron chi connectivity index (χ0n) is 14.4. The molecule has 0 saturated heterocycles. The van der Waals surface area contributed by atoms with Crippen LogP contribution in [0.1, 0.15) is 80.6 Å². The van der Waals surface area contributed by atoms with Crippen LogP contribution in [-0.4, -0.2) is 24.8 Å². The molecule has 0 saturated carbocycles. The van der Waals surface area contributed by atoms with Crippen molar-refractivity contribution in [3.63, 3.8) is 0 Å². The van der Waals surface area contributed by atoms with E-state index in [1.165, 1.54) is 32.1 Å². The van der Waals surface area contributed by atoms with E-state index in [-0.39, 0.29) is 5.60 Å². The maximum atomic E-state index is 5.95. The number of hydrogen-bond acceptors (Lipinski definition) is 2. The van der Waals surface area contributed by atoms with Crippen molar-refractivity contribution in [1.29, 1.82) is 0 Å². The fraction of sp³-hybridized carbons (Fsp3) is 1.00. The fourth-order valence-corrected chi connectivity index (χ4v) is 2.33. The molecule has 19 heavy (non-hydrogen) atoms. The van der Waals surface area contributed by atoms with Gasteiger partial charge in [0.1, 0.15) is 0 Å². The number of rotatable bonds is 10. The number of unbranched alkanes of at least 4 members (excludes halogenated alkanes) is 1. The summed E-state index contributed by atoms with van der Waals surface area (Å²) in [7, 11) is 0. The number of hydrogen-bond donors (Lipinski definition) is 1. The average Bonchev–Trinajstić information content (AvgIpc) is 2.30. The molecule has 0 heterocycles. The summed E-state index contributed by atoms with van der Waals surface area (Å²) >= 11 is 0. The van der Waals surface area contributed by atoms with E-state index in [9.17, 15) is 0 Å². The summed E-state index contributed by atoms with van der Waals surface area (Å²) in [5.74, 6) is 0. The van der Waals surface area contributed by atoms with Crippen molar-refractivity contribution in [2.75, 3.05) is 13.2 Å². The highest BCUT2D eigenvalue weighted by molar-refractivity contribution is 4.81. The van der Waals surface area contributed by atoms with Crippen LogP contribution in [0, 0.1) is 5.41 Å². The van der Waals surface area contributed by atoms with Crippen LogP contribution in [0.3, 0.4) is 0 Å². The Labute approximate surface area is 121 Å². The predicted octanol–water partition coefficient (Wildman–Crippen LogP) is 4.78. The van der Waals surface area contributed by atoms with Crippen molar-refractivity contribution < 1.29 is 4.74 Å². The molecule has 0 bridgehead atoms. The third kappa shape index (κ3) is 9.45. The van der Waals surface area contributed by atoms with E-state index in [4.69, 9.17) is 4.74 Å². The number of ether oxygens (including phenoxy) is 1. The monoisotopic (exact) mass is 271 g/mol. The summed E-state index contributed by atoms with van der Waals surface area (Å²) < 4.78 is 5.95. The molecule has 0 amide bonds. The van der Waals surface area contributed by atoms with Crippen molar-refractivity contribution in [3.8, 4) is 0 Å². The summed E-state index contributed by atoms with van der Waals surface area (Å²) in [6, 6.07) is 0.566. The van der Waals surface area contributed by atoms with E-state index in [0.717, 1.165) is 13.2 Å². The van der Waals surface area contributed by atoms with Gasteiger partial charge in [-0.05, 0) is 45.4 Å². The van der Waals surface area contributed by atoms with E-state index in [0.29, 0.717) is 11.5 Å². The lowest BCUT2D eigenvalue weighted by atomic mass is 9.77. The highest BCUT2D eigenvalue weighted by Gasteiger charge is 2.28. The predicted molar refractivity (Wildman–Crippen MR) is 85.7 cm³/mol. The summed E-state index contributed by atoms with van der Waals surface area (Å²) in [6.45, 7) is 17.5. The second-order valence-electron chi connectivity index (χ2n) is 7.20. The lowest BCUT2D eigenvalue weighted by molar-refractivity contribution is -0.0210. The molecule has 0 spiro atoms. The molecule has 0 aliphatic heterocycles. The standard InChI is InChI=1S/C17H37NO/c1-8-10-11-17(9-2,14-18-15(3)4)12-13-19-16(5,6)7/h15,18H,8-14H2,1-7H3. The van der Waals surface area contributed by atoms with Crippen molar-refractivity contribution in [3.05, 3.63) is 0 Å². The summed E-state index contributed by atoms with van der Waals surface area (Å²) in [4.78, 5) is 0. The highest BCUT2D eigenvalue weighted by atomic mass is 16.5. The van der Waals surface area contributed by atoms with Crippen LogP contribution in [-0.2, 0) is 4.74 Å². The molecular weight excluding hydrogens is 234 g/mol. The Bertz CT molecular complexity index is 220. The normalized spacial score (nSPS) is 15.8. The highest BCUT2D eigenvalue weighted by Crippen LogP contribution is 2.33. The van der Waals surface area contributed by atoms with Gasteiger partial charge in [-0.3, -0.25) is 0 Å². The Morgan fingerprint density at radius 1 is 1.05 bits per heavy atom. The Morgan fingerprint density at radius 3 is 2.11 bits per heavy atom. The minimum absolute atomic E-state index is 0.0181. The van der Waals surface area contributed by atoms with Gasteiger partial charge in [-0.1, -0.05) is 40.5 Å². The van der Waals surface area contributed by atoms with Crippen LogP contribution in [0.2, 0.25) is 0 Å². The molecule has 1 unspecified atom stereocenters. The maximum Gasteiger partial charge on any atom is 0.0598 e. The van der Waals surface area contributed by atoms with Crippen LogP contribution in [0.5, 0.6) is 0 Å². The lowest BCUT2D eigenvalue weighted by Crippen LogP contribution is -2.38. The van der Waals surface area contributed by atoms with E-state index in [1.54, 1.807) is 0 Å². The van der Waals surface area contributed by atoms with Crippen LogP contribution < -0.4 is 5.32 Å². The van der Waals surface area contributed by atoms with Gasteiger partial charge in [-0.25, -0.2) is 0 Å². The van der Waals surface area contributed by atoms with E-state index < -0.39 is 0 Å².